The molecule has 0 bridgehead atoms. The van der Waals surface area contributed by atoms with Gasteiger partial charge in [0.05, 0.1) is 16.1 Å². The van der Waals surface area contributed by atoms with E-state index >= 15 is 0 Å². The first-order valence-electron chi connectivity index (χ1n) is 9.52. The van der Waals surface area contributed by atoms with Crippen molar-refractivity contribution in [1.82, 2.24) is 0 Å². The van der Waals surface area contributed by atoms with E-state index in [-0.39, 0.29) is 22.3 Å². The molecule has 0 spiro atoms. The summed E-state index contributed by atoms with van der Waals surface area (Å²) in [4.78, 5) is 24.6. The second kappa shape index (κ2) is 7.88. The predicted molar refractivity (Wildman–Crippen MR) is 114 cm³/mol. The number of hydrogen-bond donors (Lipinski definition) is 1. The number of nitrogens with one attached hydrogen (secondary N) is 1. The van der Waals surface area contributed by atoms with Gasteiger partial charge in [-0.15, -0.1) is 0 Å². The third-order valence-electron chi connectivity index (χ3n) is 5.10. The van der Waals surface area contributed by atoms with E-state index in [2.05, 4.69) is 4.72 Å². The molecule has 0 fully saturated rings. The number of amides is 1. The first-order chi connectivity index (χ1) is 14.8. The van der Waals surface area contributed by atoms with Crippen LogP contribution in [0, 0.1) is 17.0 Å². The van der Waals surface area contributed by atoms with Crippen LogP contribution in [0.25, 0.3) is 0 Å². The van der Waals surface area contributed by atoms with E-state index in [4.69, 9.17) is 4.42 Å². The average molecular weight is 441 g/mol. The van der Waals surface area contributed by atoms with Gasteiger partial charge in [0.2, 0.25) is 0 Å². The lowest BCUT2D eigenvalue weighted by atomic mass is 10.0. The molecule has 160 valence electrons. The van der Waals surface area contributed by atoms with Gasteiger partial charge < -0.3 is 9.32 Å². The Hall–Kier alpha value is -3.66. The van der Waals surface area contributed by atoms with Crippen molar-refractivity contribution >= 4 is 33.0 Å². The lowest BCUT2D eigenvalue weighted by Crippen LogP contribution is -2.35. The van der Waals surface area contributed by atoms with Crippen molar-refractivity contribution in [1.29, 1.82) is 0 Å². The highest BCUT2D eigenvalue weighted by atomic mass is 32.2. The second-order valence-corrected chi connectivity index (χ2v) is 8.84. The molecule has 1 N–H and O–H groups in total. The van der Waals surface area contributed by atoms with Crippen molar-refractivity contribution in [3.05, 3.63) is 81.8 Å². The van der Waals surface area contributed by atoms with Crippen molar-refractivity contribution in [3.8, 4) is 0 Å². The van der Waals surface area contributed by atoms with Gasteiger partial charge in [0, 0.05) is 30.1 Å². The van der Waals surface area contributed by atoms with Gasteiger partial charge in [0.1, 0.15) is 0 Å². The summed E-state index contributed by atoms with van der Waals surface area (Å²) in [7, 11) is -4.04. The largest absolute Gasteiger partial charge is 0.459 e. The number of rotatable bonds is 5. The Kier molecular flexibility index (Phi) is 5.24. The topological polar surface area (TPSA) is 123 Å². The van der Waals surface area contributed by atoms with Gasteiger partial charge in [-0.1, -0.05) is 6.07 Å². The zero-order valence-electron chi connectivity index (χ0n) is 16.6. The molecule has 1 aromatic heterocycles. The summed E-state index contributed by atoms with van der Waals surface area (Å²) in [5, 5.41) is 11.0. The van der Waals surface area contributed by atoms with Gasteiger partial charge in [0.25, 0.3) is 21.6 Å². The highest BCUT2D eigenvalue weighted by Crippen LogP contribution is 2.32. The van der Waals surface area contributed by atoms with Crippen LogP contribution in [-0.2, 0) is 16.4 Å². The minimum atomic E-state index is -4.04. The molecule has 10 heteroatoms. The molecule has 0 saturated carbocycles. The van der Waals surface area contributed by atoms with Crippen LogP contribution < -0.4 is 9.62 Å². The number of non-ortho nitro benzene ring substituents is 1. The maximum absolute atomic E-state index is 12.9. The fourth-order valence-corrected chi connectivity index (χ4v) is 4.92. The van der Waals surface area contributed by atoms with Crippen molar-refractivity contribution in [2.45, 2.75) is 24.7 Å². The molecule has 3 aromatic rings. The number of sulfonamides is 1. The Bertz CT molecular complexity index is 1270. The second-order valence-electron chi connectivity index (χ2n) is 7.19. The summed E-state index contributed by atoms with van der Waals surface area (Å²) in [5.74, 6) is -0.0229. The van der Waals surface area contributed by atoms with Crippen LogP contribution in [0.2, 0.25) is 0 Å². The number of nitro groups is 1. The van der Waals surface area contributed by atoms with Gasteiger partial charge in [-0.05, 0) is 61.2 Å². The monoisotopic (exact) mass is 441 g/mol. The standard InChI is InChI=1S/C21H19N3O6S/c1-14-6-8-17(24(26)27)13-20(14)31(28,29)22-16-7-9-18-15(12-16)4-2-10-23(18)21(25)19-5-3-11-30-19/h3,5-9,11-13,22H,2,4,10H2,1H3. The summed E-state index contributed by atoms with van der Waals surface area (Å²) in [6.07, 6.45) is 2.84. The quantitative estimate of drug-likeness (QED) is 0.473. The zero-order chi connectivity index (χ0) is 22.2. The summed E-state index contributed by atoms with van der Waals surface area (Å²) in [5.41, 5.74) is 1.93. The van der Waals surface area contributed by atoms with E-state index < -0.39 is 14.9 Å². The van der Waals surface area contributed by atoms with Gasteiger partial charge in [0.15, 0.2) is 5.76 Å². The molecule has 1 amide bonds. The highest BCUT2D eigenvalue weighted by Gasteiger charge is 2.26. The van der Waals surface area contributed by atoms with Crippen molar-refractivity contribution < 1.29 is 22.6 Å². The minimum Gasteiger partial charge on any atom is -0.459 e. The average Bonchev–Trinajstić information content (AvgIpc) is 3.27. The smallest absolute Gasteiger partial charge is 0.293 e. The Morgan fingerprint density at radius 3 is 2.71 bits per heavy atom. The number of fused-ring (bicyclic) bond motifs is 1. The molecular formula is C21H19N3O6S. The van der Waals surface area contributed by atoms with Gasteiger partial charge in [-0.3, -0.25) is 19.6 Å². The predicted octanol–water partition coefficient (Wildman–Crippen LogP) is 3.89. The lowest BCUT2D eigenvalue weighted by Gasteiger charge is -2.29. The zero-order valence-corrected chi connectivity index (χ0v) is 17.4. The molecule has 1 aliphatic rings. The normalized spacial score (nSPS) is 13.5. The van der Waals surface area contributed by atoms with E-state index in [1.54, 1.807) is 42.2 Å². The first kappa shape index (κ1) is 20.6. The van der Waals surface area contributed by atoms with Crippen molar-refractivity contribution in [2.75, 3.05) is 16.2 Å². The molecule has 0 saturated heterocycles. The molecule has 2 aromatic carbocycles. The number of nitrogens with zero attached hydrogens (tertiary/aromatic N) is 2. The molecule has 9 nitrogen and oxygen atoms in total. The number of hydrogen-bond acceptors (Lipinski definition) is 6. The number of anilines is 2. The highest BCUT2D eigenvalue weighted by molar-refractivity contribution is 7.92. The van der Waals surface area contributed by atoms with E-state index in [1.807, 2.05) is 0 Å². The van der Waals surface area contributed by atoms with E-state index in [9.17, 15) is 23.3 Å². The Morgan fingerprint density at radius 1 is 1.19 bits per heavy atom. The van der Waals surface area contributed by atoms with Crippen molar-refractivity contribution in [2.24, 2.45) is 0 Å². The SMILES string of the molecule is Cc1ccc([N+](=O)[O-])cc1S(=O)(=O)Nc1ccc2c(c1)CCCN2C(=O)c1ccco1. The third kappa shape index (κ3) is 4.02. The van der Waals surface area contributed by atoms with Gasteiger partial charge in [-0.25, -0.2) is 8.42 Å². The number of carbonyl (C=O) groups excluding carboxylic acids is 1. The molecule has 0 aliphatic carbocycles. The molecule has 0 radical (unpaired) electrons. The molecule has 2 heterocycles. The lowest BCUT2D eigenvalue weighted by molar-refractivity contribution is -0.385. The van der Waals surface area contributed by atoms with Gasteiger partial charge in [-0.2, -0.15) is 0 Å². The maximum atomic E-state index is 12.9. The van der Waals surface area contributed by atoms with Crippen LogP contribution >= 0.6 is 0 Å². The number of nitro benzene ring substituents is 1. The summed E-state index contributed by atoms with van der Waals surface area (Å²) >= 11 is 0. The van der Waals surface area contributed by atoms with E-state index in [0.29, 0.717) is 29.9 Å². The number of aryl methyl sites for hydroxylation is 2. The molecule has 31 heavy (non-hydrogen) atoms. The molecule has 1 aliphatic heterocycles. The maximum Gasteiger partial charge on any atom is 0.293 e. The minimum absolute atomic E-state index is 0.158. The van der Waals surface area contributed by atoms with Crippen LogP contribution in [0.15, 0.2) is 64.1 Å². The van der Waals surface area contributed by atoms with Gasteiger partial charge >= 0.3 is 0 Å². The molecule has 4 rings (SSSR count). The number of benzene rings is 2. The molecule has 0 unspecified atom stereocenters. The van der Waals surface area contributed by atoms with Crippen LogP contribution in [-0.4, -0.2) is 25.8 Å². The van der Waals surface area contributed by atoms with E-state index in [1.165, 1.54) is 18.4 Å². The summed E-state index contributed by atoms with van der Waals surface area (Å²) in [6.45, 7) is 2.10. The Balaban J connectivity index is 1.63. The summed E-state index contributed by atoms with van der Waals surface area (Å²) < 4.78 is 33.5. The first-order valence-corrected chi connectivity index (χ1v) is 11.0. The Morgan fingerprint density at radius 2 is 2.00 bits per heavy atom. The number of carbonyl (C=O) groups is 1. The van der Waals surface area contributed by atoms with Crippen LogP contribution in [0.1, 0.15) is 28.1 Å². The third-order valence-corrected chi connectivity index (χ3v) is 6.62. The molecular weight excluding hydrogens is 422 g/mol. The molecule has 0 atom stereocenters. The van der Waals surface area contributed by atoms with E-state index in [0.717, 1.165) is 18.1 Å². The summed E-state index contributed by atoms with van der Waals surface area (Å²) in [6, 6.07) is 11.9. The fraction of sp³-hybridized carbons (Fsp3) is 0.190. The van der Waals surface area contributed by atoms with Crippen molar-refractivity contribution in [3.63, 3.8) is 0 Å². The fourth-order valence-electron chi connectivity index (χ4n) is 3.61. The Labute approximate surface area is 178 Å². The number of furan rings is 1. The van der Waals surface area contributed by atoms with Crippen LogP contribution in [0.3, 0.4) is 0 Å². The van der Waals surface area contributed by atoms with Crippen LogP contribution in [0.5, 0.6) is 0 Å². The van der Waals surface area contributed by atoms with Crippen LogP contribution in [0.4, 0.5) is 17.1 Å².